The molecule has 2 aromatic heterocycles. The molecule has 5 rings (SSSR count). The number of halogens is 1. The molecule has 2 aliphatic carbocycles. The predicted octanol–water partition coefficient (Wildman–Crippen LogP) is 3.15. The molecule has 1 saturated heterocycles. The minimum absolute atomic E-state index is 0.111. The number of anilines is 1. The molecule has 0 radical (unpaired) electrons. The average molecular weight is 416 g/mol. The van der Waals surface area contributed by atoms with Crippen LogP contribution in [0.1, 0.15) is 43.0 Å². The molecule has 2 aromatic rings. The molecule has 0 aromatic carbocycles. The van der Waals surface area contributed by atoms with Crippen LogP contribution in [0, 0.1) is 30.5 Å². The number of ether oxygens (including phenoxy) is 2. The third-order valence-corrected chi connectivity index (χ3v) is 6.78. The maximum Gasteiger partial charge on any atom is 0.165 e. The molecule has 7 nitrogen and oxygen atoms in total. The van der Waals surface area contributed by atoms with E-state index in [1.165, 1.54) is 12.8 Å². The Bertz CT molecular complexity index is 886. The van der Waals surface area contributed by atoms with Gasteiger partial charge < -0.3 is 14.4 Å². The van der Waals surface area contributed by atoms with E-state index in [4.69, 9.17) is 9.47 Å². The average Bonchev–Trinajstić information content (AvgIpc) is 3.28. The lowest BCUT2D eigenvalue weighted by Crippen LogP contribution is -2.38. The van der Waals surface area contributed by atoms with E-state index in [2.05, 4.69) is 20.2 Å². The van der Waals surface area contributed by atoms with Gasteiger partial charge >= 0.3 is 0 Å². The van der Waals surface area contributed by atoms with Crippen molar-refractivity contribution in [1.29, 1.82) is 0 Å². The number of aryl methyl sites for hydroxylation is 1. The Labute approximate surface area is 176 Å². The van der Waals surface area contributed by atoms with Crippen molar-refractivity contribution in [2.75, 3.05) is 31.7 Å². The summed E-state index contributed by atoms with van der Waals surface area (Å²) < 4.78 is 28.1. The van der Waals surface area contributed by atoms with Crippen LogP contribution in [0.5, 0.6) is 0 Å². The monoisotopic (exact) mass is 415 g/mol. The smallest absolute Gasteiger partial charge is 0.165 e. The zero-order chi connectivity index (χ0) is 20.7. The number of fused-ring (bicyclic) bond motifs is 1. The van der Waals surface area contributed by atoms with Crippen LogP contribution in [-0.4, -0.2) is 52.9 Å². The van der Waals surface area contributed by atoms with Crippen molar-refractivity contribution in [3.8, 4) is 0 Å². The molecule has 8 heteroatoms. The van der Waals surface area contributed by atoms with Gasteiger partial charge in [-0.3, -0.25) is 0 Å². The lowest BCUT2D eigenvalue weighted by atomic mass is 9.77. The van der Waals surface area contributed by atoms with Crippen molar-refractivity contribution in [1.82, 2.24) is 20.0 Å². The Hall–Kier alpha value is -2.06. The van der Waals surface area contributed by atoms with Crippen molar-refractivity contribution >= 4 is 5.82 Å². The van der Waals surface area contributed by atoms with Gasteiger partial charge in [-0.25, -0.2) is 14.1 Å². The fraction of sp³-hybridized carbons (Fsp3) is 0.682. The van der Waals surface area contributed by atoms with E-state index in [-0.39, 0.29) is 18.0 Å². The van der Waals surface area contributed by atoms with Gasteiger partial charge in [-0.2, -0.15) is 0 Å². The van der Waals surface area contributed by atoms with E-state index in [1.807, 2.05) is 17.8 Å². The van der Waals surface area contributed by atoms with Gasteiger partial charge in [0.2, 0.25) is 0 Å². The van der Waals surface area contributed by atoms with Crippen LogP contribution < -0.4 is 4.90 Å². The summed E-state index contributed by atoms with van der Waals surface area (Å²) in [5.41, 5.74) is 1.68. The van der Waals surface area contributed by atoms with E-state index in [9.17, 15) is 4.39 Å². The first-order valence-corrected chi connectivity index (χ1v) is 11.0. The highest BCUT2D eigenvalue weighted by atomic mass is 19.1. The summed E-state index contributed by atoms with van der Waals surface area (Å²) in [5.74, 6) is 1.91. The van der Waals surface area contributed by atoms with Crippen LogP contribution in [0.4, 0.5) is 10.2 Å². The summed E-state index contributed by atoms with van der Waals surface area (Å²) in [6.07, 6.45) is 8.31. The topological polar surface area (TPSA) is 65.3 Å². The number of pyridine rings is 1. The molecular formula is C22H30FN5O2. The van der Waals surface area contributed by atoms with Gasteiger partial charge in [0.25, 0.3) is 0 Å². The number of rotatable bonds is 7. The number of hydrogen-bond acceptors (Lipinski definition) is 6. The molecule has 1 aliphatic heterocycles. The van der Waals surface area contributed by atoms with Crippen molar-refractivity contribution in [2.45, 2.75) is 51.4 Å². The molecule has 0 bridgehead atoms. The molecule has 0 unspecified atom stereocenters. The van der Waals surface area contributed by atoms with Crippen LogP contribution in [-0.2, 0) is 16.1 Å². The third kappa shape index (κ3) is 4.07. The number of nitrogens with zero attached hydrogens (tertiary/aromatic N) is 5. The second-order valence-corrected chi connectivity index (χ2v) is 9.22. The summed E-state index contributed by atoms with van der Waals surface area (Å²) in [6.45, 7) is 4.81. The summed E-state index contributed by atoms with van der Waals surface area (Å²) in [5, 5.41) is 8.64. The molecular weight excluding hydrogens is 385 g/mol. The highest BCUT2D eigenvalue weighted by molar-refractivity contribution is 5.42. The van der Waals surface area contributed by atoms with Gasteiger partial charge in [-0.1, -0.05) is 5.21 Å². The molecule has 3 aliphatic rings. The lowest BCUT2D eigenvalue weighted by molar-refractivity contribution is -0.0375. The quantitative estimate of drug-likeness (QED) is 0.692. The minimum Gasteiger partial charge on any atom is -0.378 e. The zero-order valence-corrected chi connectivity index (χ0v) is 17.7. The van der Waals surface area contributed by atoms with Crippen LogP contribution in [0.25, 0.3) is 0 Å². The molecule has 0 N–H and O–H groups in total. The Morgan fingerprint density at radius 2 is 2.00 bits per heavy atom. The van der Waals surface area contributed by atoms with Gasteiger partial charge in [0.05, 0.1) is 24.9 Å². The normalized spacial score (nSPS) is 28.7. The second kappa shape index (κ2) is 8.23. The predicted molar refractivity (Wildman–Crippen MR) is 110 cm³/mol. The maximum absolute atomic E-state index is 14.5. The van der Waals surface area contributed by atoms with Crippen LogP contribution in [0.3, 0.4) is 0 Å². The summed E-state index contributed by atoms with van der Waals surface area (Å²) in [7, 11) is 1.66. The first kappa shape index (κ1) is 19.9. The van der Waals surface area contributed by atoms with Crippen molar-refractivity contribution < 1.29 is 13.9 Å². The first-order chi connectivity index (χ1) is 14.6. The molecule has 2 saturated carbocycles. The van der Waals surface area contributed by atoms with Gasteiger partial charge in [0.15, 0.2) is 11.6 Å². The SMILES string of the molecule is COCc1cn([C@@H]2C[C@@H]3CN(c4ncc(C)cc4F)C[C@@H]3C[C@H]2OCC2CC2)nn1. The Morgan fingerprint density at radius 3 is 2.73 bits per heavy atom. The molecule has 3 fully saturated rings. The van der Waals surface area contributed by atoms with Crippen LogP contribution in [0.15, 0.2) is 18.5 Å². The fourth-order valence-corrected chi connectivity index (χ4v) is 5.01. The number of aromatic nitrogens is 4. The van der Waals surface area contributed by atoms with Crippen molar-refractivity contribution in [3.05, 3.63) is 35.5 Å². The van der Waals surface area contributed by atoms with Gasteiger partial charge in [0, 0.05) is 33.0 Å². The van der Waals surface area contributed by atoms with Crippen molar-refractivity contribution in [2.24, 2.45) is 17.8 Å². The number of methoxy groups -OCH3 is 1. The van der Waals surface area contributed by atoms with Crippen LogP contribution in [0.2, 0.25) is 0 Å². The highest BCUT2D eigenvalue weighted by Gasteiger charge is 2.45. The minimum atomic E-state index is -0.229. The van der Waals surface area contributed by atoms with E-state index in [0.717, 1.165) is 43.8 Å². The molecule has 0 amide bonds. The Morgan fingerprint density at radius 1 is 1.20 bits per heavy atom. The fourth-order valence-electron chi connectivity index (χ4n) is 5.01. The molecule has 3 heterocycles. The van der Waals surface area contributed by atoms with Gasteiger partial charge in [-0.05, 0) is 62.0 Å². The summed E-state index contributed by atoms with van der Waals surface area (Å²) in [4.78, 5) is 6.50. The summed E-state index contributed by atoms with van der Waals surface area (Å²) in [6, 6.07) is 1.72. The first-order valence-electron chi connectivity index (χ1n) is 11.0. The van der Waals surface area contributed by atoms with Crippen molar-refractivity contribution in [3.63, 3.8) is 0 Å². The highest BCUT2D eigenvalue weighted by Crippen LogP contribution is 2.44. The van der Waals surface area contributed by atoms with Crippen LogP contribution >= 0.6 is 0 Å². The van der Waals surface area contributed by atoms with Gasteiger partial charge in [0.1, 0.15) is 5.69 Å². The third-order valence-electron chi connectivity index (χ3n) is 6.78. The van der Waals surface area contributed by atoms with Gasteiger partial charge in [-0.15, -0.1) is 5.10 Å². The Balaban J connectivity index is 1.34. The molecule has 162 valence electrons. The molecule has 0 spiro atoms. The lowest BCUT2D eigenvalue weighted by Gasteiger charge is -2.37. The summed E-state index contributed by atoms with van der Waals surface area (Å²) >= 11 is 0. The molecule has 30 heavy (non-hydrogen) atoms. The van der Waals surface area contributed by atoms with E-state index < -0.39 is 0 Å². The Kier molecular flexibility index (Phi) is 5.45. The van der Waals surface area contributed by atoms with E-state index in [1.54, 1.807) is 19.4 Å². The van der Waals surface area contributed by atoms with E-state index >= 15 is 0 Å². The molecule has 4 atom stereocenters. The van der Waals surface area contributed by atoms with E-state index in [0.29, 0.717) is 30.2 Å². The standard InChI is InChI=1S/C22H30FN5O2/c1-14-5-19(23)22(24-8-14)27-9-16-6-20(28-11-18(13-29-2)25-26-28)21(7-17(16)10-27)30-12-15-3-4-15/h5,8,11,15-17,20-21H,3-4,6-7,9-10,12-13H2,1-2H3/t16-,17+,20-,21-/m1/s1. The largest absolute Gasteiger partial charge is 0.378 e. The number of hydrogen-bond donors (Lipinski definition) is 0. The maximum atomic E-state index is 14.5. The zero-order valence-electron chi connectivity index (χ0n) is 17.7. The second-order valence-electron chi connectivity index (χ2n) is 9.22.